The van der Waals surface area contributed by atoms with E-state index < -0.39 is 0 Å². The molecule has 2 aromatic rings. The molecule has 0 saturated carbocycles. The highest BCUT2D eigenvalue weighted by atomic mass is 16.5. The van der Waals surface area contributed by atoms with Gasteiger partial charge in [0.05, 0.1) is 20.3 Å². The van der Waals surface area contributed by atoms with Crippen LogP contribution in [0.2, 0.25) is 0 Å². The lowest BCUT2D eigenvalue weighted by Gasteiger charge is -2.14. The quantitative estimate of drug-likeness (QED) is 0.685. The number of ether oxygens (including phenoxy) is 2. The topological polar surface area (TPSA) is 40.5 Å². The molecule has 0 atom stereocenters. The highest BCUT2D eigenvalue weighted by Crippen LogP contribution is 2.24. The maximum Gasteiger partial charge on any atom is 0.254 e. The fourth-order valence-electron chi connectivity index (χ4n) is 2.68. The Bertz CT molecular complexity index is 734. The van der Waals surface area contributed by atoms with Crippen LogP contribution in [-0.4, -0.2) is 18.3 Å². The molecule has 1 aromatic heterocycles. The van der Waals surface area contributed by atoms with Gasteiger partial charge in [-0.2, -0.15) is 0 Å². The van der Waals surface area contributed by atoms with E-state index in [1.165, 1.54) is 0 Å². The van der Waals surface area contributed by atoms with Crippen molar-refractivity contribution in [2.24, 2.45) is 0 Å². The van der Waals surface area contributed by atoms with Crippen LogP contribution in [0, 0.1) is 13.8 Å². The summed E-state index contributed by atoms with van der Waals surface area (Å²) in [6.07, 6.45) is 5.12. The van der Waals surface area contributed by atoms with Crippen LogP contribution in [0.4, 0.5) is 0 Å². The average Bonchev–Trinajstić information content (AvgIpc) is 2.58. The van der Waals surface area contributed by atoms with Gasteiger partial charge in [-0.15, -0.1) is 0 Å². The van der Waals surface area contributed by atoms with Gasteiger partial charge < -0.3 is 14.0 Å². The fourth-order valence-corrected chi connectivity index (χ4v) is 2.68. The van der Waals surface area contributed by atoms with E-state index in [9.17, 15) is 4.79 Å². The molecule has 1 aromatic carbocycles. The zero-order valence-corrected chi connectivity index (χ0v) is 15.1. The third-order valence-corrected chi connectivity index (χ3v) is 4.39. The number of benzene rings is 1. The van der Waals surface area contributed by atoms with Crippen molar-refractivity contribution in [3.8, 4) is 11.5 Å². The SMILES string of the molecule is CCCCCOc1ccn(Cc2ccc(OC)c(C)c2C)c(=O)c1. The van der Waals surface area contributed by atoms with E-state index in [2.05, 4.69) is 13.8 Å². The van der Waals surface area contributed by atoms with Crippen molar-refractivity contribution in [1.82, 2.24) is 4.57 Å². The zero-order valence-electron chi connectivity index (χ0n) is 15.1. The largest absolute Gasteiger partial charge is 0.496 e. The maximum atomic E-state index is 12.3. The molecule has 1 heterocycles. The second kappa shape index (κ2) is 8.57. The third-order valence-electron chi connectivity index (χ3n) is 4.39. The standard InChI is InChI=1S/C20H27NO3/c1-5-6-7-12-24-18-10-11-21(20(22)13-18)14-17-8-9-19(23-4)16(3)15(17)2/h8-11,13H,5-7,12,14H2,1-4H3. The Morgan fingerprint density at radius 3 is 2.54 bits per heavy atom. The first-order chi connectivity index (χ1) is 11.6. The summed E-state index contributed by atoms with van der Waals surface area (Å²) in [5.41, 5.74) is 3.34. The molecule has 0 aliphatic carbocycles. The summed E-state index contributed by atoms with van der Waals surface area (Å²) in [5, 5.41) is 0. The highest BCUT2D eigenvalue weighted by Gasteiger charge is 2.08. The van der Waals surface area contributed by atoms with Crippen molar-refractivity contribution in [2.45, 2.75) is 46.6 Å². The molecule has 4 heteroatoms. The van der Waals surface area contributed by atoms with Gasteiger partial charge in [0.2, 0.25) is 0 Å². The van der Waals surface area contributed by atoms with Gasteiger partial charge in [-0.1, -0.05) is 25.8 Å². The number of rotatable bonds is 8. The Morgan fingerprint density at radius 2 is 1.88 bits per heavy atom. The third kappa shape index (κ3) is 4.40. The molecule has 0 aliphatic heterocycles. The number of nitrogens with zero attached hydrogens (tertiary/aromatic N) is 1. The molecule has 0 spiro atoms. The predicted molar refractivity (Wildman–Crippen MR) is 97.3 cm³/mol. The van der Waals surface area contributed by atoms with Crippen LogP contribution in [0.5, 0.6) is 11.5 Å². The molecule has 0 unspecified atom stereocenters. The number of unbranched alkanes of at least 4 members (excludes halogenated alkanes) is 2. The van der Waals surface area contributed by atoms with Gasteiger partial charge in [-0.25, -0.2) is 0 Å². The van der Waals surface area contributed by atoms with Gasteiger partial charge >= 0.3 is 0 Å². The molecule has 0 saturated heterocycles. The normalized spacial score (nSPS) is 10.7. The Labute approximate surface area is 144 Å². The van der Waals surface area contributed by atoms with Crippen LogP contribution < -0.4 is 15.0 Å². The lowest BCUT2D eigenvalue weighted by atomic mass is 10.0. The molecule has 0 radical (unpaired) electrons. The molecule has 130 valence electrons. The molecule has 0 bridgehead atoms. The molecule has 4 nitrogen and oxygen atoms in total. The lowest BCUT2D eigenvalue weighted by molar-refractivity contribution is 0.305. The van der Waals surface area contributed by atoms with E-state index in [0.717, 1.165) is 41.7 Å². The molecular formula is C20H27NO3. The fraction of sp³-hybridized carbons (Fsp3) is 0.450. The summed E-state index contributed by atoms with van der Waals surface area (Å²) in [6, 6.07) is 7.40. The first-order valence-corrected chi connectivity index (χ1v) is 8.53. The number of aromatic nitrogens is 1. The number of hydrogen-bond donors (Lipinski definition) is 0. The molecule has 0 amide bonds. The minimum Gasteiger partial charge on any atom is -0.496 e. The van der Waals surface area contributed by atoms with Crippen molar-refractivity contribution in [1.29, 1.82) is 0 Å². The van der Waals surface area contributed by atoms with E-state index in [0.29, 0.717) is 18.9 Å². The first kappa shape index (κ1) is 18.1. The van der Waals surface area contributed by atoms with Crippen LogP contribution in [0.3, 0.4) is 0 Å². The van der Waals surface area contributed by atoms with Crippen LogP contribution in [0.25, 0.3) is 0 Å². The number of methoxy groups -OCH3 is 1. The van der Waals surface area contributed by atoms with E-state index in [-0.39, 0.29) is 5.56 Å². The van der Waals surface area contributed by atoms with Gasteiger partial charge in [0.15, 0.2) is 0 Å². The van der Waals surface area contributed by atoms with Crippen LogP contribution in [0.1, 0.15) is 42.9 Å². The monoisotopic (exact) mass is 329 g/mol. The van der Waals surface area contributed by atoms with Gasteiger partial charge in [0, 0.05) is 12.3 Å². The summed E-state index contributed by atoms with van der Waals surface area (Å²) in [6.45, 7) is 7.46. The second-order valence-electron chi connectivity index (χ2n) is 6.06. The summed E-state index contributed by atoms with van der Waals surface area (Å²) in [4.78, 5) is 12.3. The van der Waals surface area contributed by atoms with Gasteiger partial charge in [0.25, 0.3) is 5.56 Å². The lowest BCUT2D eigenvalue weighted by Crippen LogP contribution is -2.20. The minimum absolute atomic E-state index is 0.0455. The molecule has 0 fully saturated rings. The first-order valence-electron chi connectivity index (χ1n) is 8.53. The highest BCUT2D eigenvalue weighted by molar-refractivity contribution is 5.43. The van der Waals surface area contributed by atoms with E-state index in [1.54, 1.807) is 23.9 Å². The Hall–Kier alpha value is -2.23. The minimum atomic E-state index is -0.0455. The average molecular weight is 329 g/mol. The predicted octanol–water partition coefficient (Wildman–Crippen LogP) is 4.09. The van der Waals surface area contributed by atoms with Crippen LogP contribution in [-0.2, 0) is 6.54 Å². The summed E-state index contributed by atoms with van der Waals surface area (Å²) in [7, 11) is 1.67. The van der Waals surface area contributed by atoms with Crippen LogP contribution >= 0.6 is 0 Å². The van der Waals surface area contributed by atoms with Crippen molar-refractivity contribution in [3.63, 3.8) is 0 Å². The summed E-state index contributed by atoms with van der Waals surface area (Å²) in [5.74, 6) is 1.52. The van der Waals surface area contributed by atoms with E-state index in [4.69, 9.17) is 9.47 Å². The molecule has 0 N–H and O–H groups in total. The number of hydrogen-bond acceptors (Lipinski definition) is 3. The van der Waals surface area contributed by atoms with Gasteiger partial charge in [-0.3, -0.25) is 4.79 Å². The Morgan fingerprint density at radius 1 is 1.08 bits per heavy atom. The Kier molecular flexibility index (Phi) is 6.47. The van der Waals surface area contributed by atoms with Crippen molar-refractivity contribution < 1.29 is 9.47 Å². The van der Waals surface area contributed by atoms with E-state index in [1.807, 2.05) is 25.1 Å². The smallest absolute Gasteiger partial charge is 0.254 e. The van der Waals surface area contributed by atoms with Crippen LogP contribution in [0.15, 0.2) is 35.3 Å². The summed E-state index contributed by atoms with van der Waals surface area (Å²) < 4.78 is 12.7. The Balaban J connectivity index is 2.11. The second-order valence-corrected chi connectivity index (χ2v) is 6.06. The molecule has 2 rings (SSSR count). The van der Waals surface area contributed by atoms with Crippen molar-refractivity contribution in [3.05, 3.63) is 57.5 Å². The van der Waals surface area contributed by atoms with Crippen molar-refractivity contribution >= 4 is 0 Å². The number of pyridine rings is 1. The van der Waals surface area contributed by atoms with E-state index >= 15 is 0 Å². The van der Waals surface area contributed by atoms with Crippen molar-refractivity contribution in [2.75, 3.05) is 13.7 Å². The zero-order chi connectivity index (χ0) is 17.5. The van der Waals surface area contributed by atoms with Gasteiger partial charge in [0.1, 0.15) is 11.5 Å². The molecular weight excluding hydrogens is 302 g/mol. The summed E-state index contributed by atoms with van der Waals surface area (Å²) >= 11 is 0. The molecule has 0 aliphatic rings. The molecule has 24 heavy (non-hydrogen) atoms. The van der Waals surface area contributed by atoms with Gasteiger partial charge in [-0.05, 0) is 49.1 Å². The maximum absolute atomic E-state index is 12.3.